The van der Waals surface area contributed by atoms with E-state index in [-0.39, 0.29) is 13.1 Å². The van der Waals surface area contributed by atoms with Crippen molar-refractivity contribution >= 4 is 16.3 Å². The van der Waals surface area contributed by atoms with Crippen LogP contribution in [0.2, 0.25) is 0 Å². The van der Waals surface area contributed by atoms with Crippen LogP contribution in [0.4, 0.5) is 4.79 Å². The summed E-state index contributed by atoms with van der Waals surface area (Å²) in [5, 5.41) is 16.8. The van der Waals surface area contributed by atoms with E-state index in [1.807, 2.05) is 0 Å². The molecule has 0 aromatic heterocycles. The van der Waals surface area contributed by atoms with Gasteiger partial charge in [-0.2, -0.15) is 12.7 Å². The number of hydrogen-bond acceptors (Lipinski definition) is 4. The van der Waals surface area contributed by atoms with Crippen molar-refractivity contribution in [3.05, 3.63) is 0 Å². The monoisotopic (exact) mass is 196 g/mol. The smallest absolute Gasteiger partial charge is 0.419 e. The molecule has 0 aliphatic carbocycles. The molecule has 1 saturated heterocycles. The summed E-state index contributed by atoms with van der Waals surface area (Å²) in [5.74, 6) is 0. The summed E-state index contributed by atoms with van der Waals surface area (Å²) in [5.41, 5.74) is 0. The molecule has 1 fully saturated rings. The van der Waals surface area contributed by atoms with Gasteiger partial charge in [-0.1, -0.05) is 0 Å². The van der Waals surface area contributed by atoms with Crippen molar-refractivity contribution in [3.8, 4) is 0 Å². The molecule has 0 unspecified atom stereocenters. The van der Waals surface area contributed by atoms with Gasteiger partial charge in [0.25, 0.3) is 0 Å². The van der Waals surface area contributed by atoms with Gasteiger partial charge in [-0.25, -0.2) is 9.52 Å². The van der Waals surface area contributed by atoms with Gasteiger partial charge in [0.05, 0.1) is 6.10 Å². The van der Waals surface area contributed by atoms with Crippen LogP contribution < -0.4 is 4.72 Å². The number of nitrogens with zero attached hydrogens (tertiary/aromatic N) is 1. The molecular formula is C4H8N2O5S. The number of nitrogens with one attached hydrogen (secondary N) is 1. The molecule has 8 heteroatoms. The molecule has 70 valence electrons. The number of rotatable bonds is 2. The summed E-state index contributed by atoms with van der Waals surface area (Å²) in [7, 11) is -3.93. The van der Waals surface area contributed by atoms with E-state index in [0.717, 1.165) is 4.31 Å². The van der Waals surface area contributed by atoms with Crippen LogP contribution in [0.15, 0.2) is 0 Å². The molecule has 0 aromatic carbocycles. The minimum Gasteiger partial charge on any atom is -0.464 e. The Labute approximate surface area is 68.8 Å². The maximum atomic E-state index is 10.9. The standard InChI is InChI=1S/C4H8N2O5S/c7-3-1-6(2-3)12(10,11)5-4(8)9/h3,5,7H,1-2H2,(H,8,9). The van der Waals surface area contributed by atoms with Crippen molar-refractivity contribution in [3.63, 3.8) is 0 Å². The minimum atomic E-state index is -3.93. The third-order valence-corrected chi connectivity index (χ3v) is 2.80. The SMILES string of the molecule is O=C(O)NS(=O)(=O)N1CC(O)C1. The molecule has 1 heterocycles. The molecule has 7 nitrogen and oxygen atoms in total. The van der Waals surface area contributed by atoms with E-state index in [9.17, 15) is 13.2 Å². The van der Waals surface area contributed by atoms with E-state index < -0.39 is 22.4 Å². The zero-order chi connectivity index (χ0) is 9.35. The first-order chi connectivity index (χ1) is 5.42. The van der Waals surface area contributed by atoms with Gasteiger partial charge < -0.3 is 10.2 Å². The zero-order valence-electron chi connectivity index (χ0n) is 5.97. The molecule has 0 aromatic rings. The van der Waals surface area contributed by atoms with Crippen molar-refractivity contribution in [2.45, 2.75) is 6.10 Å². The maximum Gasteiger partial charge on any atom is 0.419 e. The lowest BCUT2D eigenvalue weighted by Gasteiger charge is -2.33. The molecule has 0 saturated carbocycles. The van der Waals surface area contributed by atoms with Crippen LogP contribution in [0.25, 0.3) is 0 Å². The molecule has 1 amide bonds. The minimum absolute atomic E-state index is 0.0530. The second kappa shape index (κ2) is 2.88. The third-order valence-electron chi connectivity index (χ3n) is 1.38. The highest BCUT2D eigenvalue weighted by atomic mass is 32.2. The molecule has 3 N–H and O–H groups in total. The Balaban J connectivity index is 2.56. The highest BCUT2D eigenvalue weighted by molar-refractivity contribution is 7.87. The second-order valence-corrected chi connectivity index (χ2v) is 4.05. The number of aliphatic hydroxyl groups excluding tert-OH is 1. The molecule has 1 rings (SSSR count). The Morgan fingerprint density at radius 2 is 2.00 bits per heavy atom. The number of aliphatic hydroxyl groups is 1. The highest BCUT2D eigenvalue weighted by Crippen LogP contribution is 2.10. The van der Waals surface area contributed by atoms with Gasteiger partial charge in [0.2, 0.25) is 0 Å². The molecule has 1 aliphatic heterocycles. The summed E-state index contributed by atoms with van der Waals surface area (Å²) in [6.07, 6.45) is -2.31. The van der Waals surface area contributed by atoms with Crippen LogP contribution in [0.3, 0.4) is 0 Å². The Bertz CT molecular complexity index is 280. The van der Waals surface area contributed by atoms with Gasteiger partial charge in [0.15, 0.2) is 0 Å². The predicted octanol–water partition coefficient (Wildman–Crippen LogP) is -1.82. The van der Waals surface area contributed by atoms with Gasteiger partial charge in [0, 0.05) is 13.1 Å². The number of carboxylic acid groups (broad SMARTS) is 1. The first kappa shape index (κ1) is 9.23. The Morgan fingerprint density at radius 1 is 1.50 bits per heavy atom. The normalized spacial score (nSPS) is 20.1. The number of β-amino-alcohol motifs (C(OH)–C–C–N with tert-alkyl or cyclic N) is 1. The first-order valence-electron chi connectivity index (χ1n) is 3.10. The number of hydrogen-bond donors (Lipinski definition) is 3. The lowest BCUT2D eigenvalue weighted by Crippen LogP contribution is -2.57. The average Bonchev–Trinajstić information content (AvgIpc) is 1.77. The predicted molar refractivity (Wildman–Crippen MR) is 37.7 cm³/mol. The zero-order valence-corrected chi connectivity index (χ0v) is 6.78. The fraction of sp³-hybridized carbons (Fsp3) is 0.750. The van der Waals surface area contributed by atoms with E-state index in [0.29, 0.717) is 0 Å². The second-order valence-electron chi connectivity index (χ2n) is 2.38. The van der Waals surface area contributed by atoms with Crippen LogP contribution >= 0.6 is 0 Å². The molecule has 0 spiro atoms. The molecule has 1 aliphatic rings. The Morgan fingerprint density at radius 3 is 2.33 bits per heavy atom. The molecule has 0 radical (unpaired) electrons. The van der Waals surface area contributed by atoms with Crippen LogP contribution in [0.1, 0.15) is 0 Å². The van der Waals surface area contributed by atoms with Gasteiger partial charge in [-0.3, -0.25) is 0 Å². The van der Waals surface area contributed by atoms with Gasteiger partial charge in [-0.15, -0.1) is 0 Å². The molecule has 12 heavy (non-hydrogen) atoms. The third kappa shape index (κ3) is 1.84. The van der Waals surface area contributed by atoms with E-state index in [1.165, 1.54) is 4.72 Å². The average molecular weight is 196 g/mol. The first-order valence-corrected chi connectivity index (χ1v) is 4.54. The maximum absolute atomic E-state index is 10.9. The van der Waals surface area contributed by atoms with Crippen molar-refractivity contribution in [2.24, 2.45) is 0 Å². The van der Waals surface area contributed by atoms with Crippen LogP contribution in [0.5, 0.6) is 0 Å². The van der Waals surface area contributed by atoms with Crippen molar-refractivity contribution < 1.29 is 23.4 Å². The molecule has 0 atom stereocenters. The van der Waals surface area contributed by atoms with E-state index in [1.54, 1.807) is 0 Å². The Hall–Kier alpha value is -0.860. The van der Waals surface area contributed by atoms with E-state index in [2.05, 4.69) is 0 Å². The summed E-state index contributed by atoms with van der Waals surface area (Å²) in [6.45, 7) is -0.106. The van der Waals surface area contributed by atoms with Crippen LogP contribution in [-0.4, -0.2) is 48.2 Å². The van der Waals surface area contributed by atoms with Crippen LogP contribution in [-0.2, 0) is 10.2 Å². The van der Waals surface area contributed by atoms with Crippen molar-refractivity contribution in [2.75, 3.05) is 13.1 Å². The summed E-state index contributed by atoms with van der Waals surface area (Å²) >= 11 is 0. The summed E-state index contributed by atoms with van der Waals surface area (Å²) in [4.78, 5) is 9.96. The number of carbonyl (C=O) groups is 1. The van der Waals surface area contributed by atoms with Gasteiger partial charge in [0.1, 0.15) is 0 Å². The molecular weight excluding hydrogens is 188 g/mol. The lowest BCUT2D eigenvalue weighted by atomic mass is 10.2. The van der Waals surface area contributed by atoms with Gasteiger partial charge >= 0.3 is 16.3 Å². The van der Waals surface area contributed by atoms with Crippen molar-refractivity contribution in [1.29, 1.82) is 0 Å². The number of amides is 1. The highest BCUT2D eigenvalue weighted by Gasteiger charge is 2.35. The van der Waals surface area contributed by atoms with E-state index >= 15 is 0 Å². The van der Waals surface area contributed by atoms with E-state index in [4.69, 9.17) is 10.2 Å². The topological polar surface area (TPSA) is 107 Å². The summed E-state index contributed by atoms with van der Waals surface area (Å²) in [6, 6.07) is 0. The fourth-order valence-electron chi connectivity index (χ4n) is 0.788. The van der Waals surface area contributed by atoms with Crippen molar-refractivity contribution in [1.82, 2.24) is 9.03 Å². The Kier molecular flexibility index (Phi) is 2.22. The van der Waals surface area contributed by atoms with Gasteiger partial charge in [-0.05, 0) is 0 Å². The fourth-order valence-corrected chi connectivity index (χ4v) is 1.87. The quantitative estimate of drug-likeness (QED) is 0.482. The lowest BCUT2D eigenvalue weighted by molar-refractivity contribution is 0.0539. The summed E-state index contributed by atoms with van der Waals surface area (Å²) < 4.78 is 24.0. The van der Waals surface area contributed by atoms with Crippen LogP contribution in [0, 0.1) is 0 Å². The molecule has 0 bridgehead atoms. The largest absolute Gasteiger partial charge is 0.464 e.